The Bertz CT molecular complexity index is 2600. The zero-order chi connectivity index (χ0) is 48.0. The van der Waals surface area contributed by atoms with Crippen LogP contribution in [0.4, 0.5) is 0 Å². The predicted molar refractivity (Wildman–Crippen MR) is 239 cm³/mol. The molecule has 0 spiro atoms. The fourth-order valence-electron chi connectivity index (χ4n) is 6.88. The Balaban J connectivity index is 1.01. The molecule has 8 rings (SSSR count). The summed E-state index contributed by atoms with van der Waals surface area (Å²) < 4.78 is 127. The van der Waals surface area contributed by atoms with E-state index < -0.39 is 71.6 Å². The number of hydrogen-bond acceptors (Lipinski definition) is 14. The summed E-state index contributed by atoms with van der Waals surface area (Å²) in [5.74, 6) is 0. The van der Waals surface area contributed by atoms with Crippen molar-refractivity contribution >= 4 is 64.4 Å². The van der Waals surface area contributed by atoms with E-state index in [0.29, 0.717) is 36.5 Å². The van der Waals surface area contributed by atoms with Gasteiger partial charge in [0, 0.05) is 0 Å². The van der Waals surface area contributed by atoms with Crippen molar-refractivity contribution in [2.75, 3.05) is 0 Å². The molecule has 20 heteroatoms. The van der Waals surface area contributed by atoms with Crippen molar-refractivity contribution in [3.05, 3.63) is 226 Å². The van der Waals surface area contributed by atoms with Gasteiger partial charge in [0.2, 0.25) is 0 Å². The molecule has 0 bridgehead atoms. The van der Waals surface area contributed by atoms with Gasteiger partial charge in [-0.1, -0.05) is 72.8 Å². The summed E-state index contributed by atoms with van der Waals surface area (Å²) >= 11 is -0.574. The van der Waals surface area contributed by atoms with Crippen LogP contribution >= 0.6 is 64.4 Å². The Morgan fingerprint density at radius 2 is 0.529 bits per heavy atom. The molecule has 0 aliphatic heterocycles. The second-order valence-electron chi connectivity index (χ2n) is 14.0. The summed E-state index contributed by atoms with van der Waals surface area (Å²) in [6, 6.07) is 62.9. The summed E-state index contributed by atoms with van der Waals surface area (Å²) in [4.78, 5) is 6.07. The van der Waals surface area contributed by atoms with Crippen molar-refractivity contribution in [3.63, 3.8) is 0 Å². The SMILES string of the molecule is [O-][Cl+3]([O-])([O-])OI(c1ccc(Sc2ccc(S(O[Cl+3]([O-])([O-])[O-])(c3ccccc3)c3ccccc3)cc2)cc1)c1ccc(Sc2ccc(S(O[Cl+3]([O-])([O-])[O-])(c3ccccc3)c3ccccc3)cc2)cc1. The first-order valence-electron chi connectivity index (χ1n) is 19.7. The van der Waals surface area contributed by atoms with Gasteiger partial charge in [-0.15, -0.1) is 0 Å². The van der Waals surface area contributed by atoms with Gasteiger partial charge >= 0.3 is 321 Å². The molecule has 0 heterocycles. The molecule has 0 saturated carbocycles. The Hall–Kier alpha value is -3.72. The predicted octanol–water partition coefficient (Wildman–Crippen LogP) is 4.58. The molecule has 8 aromatic rings. The summed E-state index contributed by atoms with van der Waals surface area (Å²) in [5, 5.41) is 0. The van der Waals surface area contributed by atoms with Gasteiger partial charge in [0.15, 0.2) is 0 Å². The average molecular weight is 1170 g/mol. The van der Waals surface area contributed by atoms with E-state index in [-0.39, 0.29) is 0 Å². The zero-order valence-corrected chi connectivity index (χ0v) is 42.5. The van der Waals surface area contributed by atoms with E-state index in [4.69, 9.17) is 10.1 Å². The molecule has 0 aliphatic rings. The van der Waals surface area contributed by atoms with Gasteiger partial charge in [-0.2, -0.15) is 28.0 Å². The molecular weight excluding hydrogens is 1130 g/mol. The third kappa shape index (κ3) is 12.4. The molecule has 0 atom stereocenters. The maximum absolute atomic E-state index is 12.3. The number of hydrogen-bond donors (Lipinski definition) is 0. The topological polar surface area (TPSA) is 235 Å². The quantitative estimate of drug-likeness (QED) is 0.107. The van der Waals surface area contributed by atoms with Crippen LogP contribution in [0.5, 0.6) is 0 Å². The third-order valence-corrected chi connectivity index (χ3v) is 26.2. The molecule has 0 fully saturated rings. The monoisotopic (exact) mass is 1160 g/mol. The molecule has 0 saturated heterocycles. The number of halogens is 4. The molecule has 0 aliphatic carbocycles. The molecule has 8 aromatic carbocycles. The Morgan fingerprint density at radius 1 is 0.294 bits per heavy atom. The second kappa shape index (κ2) is 21.7. The van der Waals surface area contributed by atoms with E-state index >= 15 is 0 Å². The van der Waals surface area contributed by atoms with Crippen LogP contribution in [-0.2, 0) is 10.1 Å². The van der Waals surface area contributed by atoms with Crippen LogP contribution in [0.15, 0.2) is 267 Å². The maximum atomic E-state index is 12.3. The Kier molecular flexibility index (Phi) is 16.2. The van der Waals surface area contributed by atoms with Gasteiger partial charge in [-0.25, -0.2) is 0 Å². The minimum absolute atomic E-state index is 0.477. The first kappa shape index (κ1) is 50.7. The van der Waals surface area contributed by atoms with Gasteiger partial charge < -0.3 is 0 Å². The molecule has 352 valence electrons. The van der Waals surface area contributed by atoms with Crippen LogP contribution < -0.4 is 41.9 Å². The van der Waals surface area contributed by atoms with Gasteiger partial charge in [0.05, 0.1) is 0 Å². The second-order valence-corrected chi connectivity index (χ2v) is 29.6. The van der Waals surface area contributed by atoms with Crippen molar-refractivity contribution in [1.29, 1.82) is 0 Å². The first-order chi connectivity index (χ1) is 32.5. The first-order valence-corrected chi connectivity index (χ1v) is 31.2. The van der Waals surface area contributed by atoms with Gasteiger partial charge in [0.1, 0.15) is 0 Å². The van der Waals surface area contributed by atoms with E-state index in [1.165, 1.54) is 23.5 Å². The fourth-order valence-corrected chi connectivity index (χ4v) is 22.3. The molecule has 68 heavy (non-hydrogen) atoms. The van der Waals surface area contributed by atoms with Crippen LogP contribution in [-0.4, -0.2) is 0 Å². The van der Waals surface area contributed by atoms with Crippen molar-refractivity contribution in [2.45, 2.75) is 49.0 Å². The van der Waals surface area contributed by atoms with Crippen molar-refractivity contribution in [3.8, 4) is 0 Å². The molecule has 0 radical (unpaired) electrons. The number of benzene rings is 8. The van der Waals surface area contributed by atoms with Crippen LogP contribution in [0.3, 0.4) is 0 Å². The van der Waals surface area contributed by atoms with Crippen LogP contribution in [0.1, 0.15) is 0 Å². The third-order valence-electron chi connectivity index (χ3n) is 9.58. The van der Waals surface area contributed by atoms with E-state index in [9.17, 15) is 41.9 Å². The molecule has 0 amide bonds. The van der Waals surface area contributed by atoms with E-state index in [1.807, 2.05) is 0 Å². The molecule has 0 aromatic heterocycles. The van der Waals surface area contributed by atoms with Gasteiger partial charge in [0.25, 0.3) is 0 Å². The molecule has 0 unspecified atom stereocenters. The van der Waals surface area contributed by atoms with E-state index in [0.717, 1.165) is 19.6 Å². The van der Waals surface area contributed by atoms with Crippen molar-refractivity contribution in [1.82, 2.24) is 0 Å². The normalized spacial score (nSPS) is 13.2. The summed E-state index contributed by atoms with van der Waals surface area (Å²) in [7, 11) is -20.5. The fraction of sp³-hybridized carbons (Fsp3) is 0. The van der Waals surface area contributed by atoms with E-state index in [2.05, 4.69) is 0 Å². The molecular formula is C48H36Cl3IO12S4. The summed E-state index contributed by atoms with van der Waals surface area (Å²) in [5.41, 5.74) is 0. The van der Waals surface area contributed by atoms with Crippen LogP contribution in [0.25, 0.3) is 0 Å². The van der Waals surface area contributed by atoms with Crippen LogP contribution in [0, 0.1) is 37.9 Å². The zero-order valence-electron chi connectivity index (χ0n) is 34.8. The van der Waals surface area contributed by atoms with E-state index in [1.54, 1.807) is 218 Å². The average Bonchev–Trinajstić information content (AvgIpc) is 3.33. The molecule has 0 N–H and O–H groups in total. The number of rotatable bonds is 18. The summed E-state index contributed by atoms with van der Waals surface area (Å²) in [6.45, 7) is 0. The van der Waals surface area contributed by atoms with Crippen LogP contribution in [0.2, 0.25) is 0 Å². The summed E-state index contributed by atoms with van der Waals surface area (Å²) in [6.07, 6.45) is 0. The Morgan fingerprint density at radius 3 is 0.765 bits per heavy atom. The Labute approximate surface area is 418 Å². The van der Waals surface area contributed by atoms with Crippen molar-refractivity contribution in [2.24, 2.45) is 0 Å². The molecule has 12 nitrogen and oxygen atoms in total. The standard InChI is InChI=1S/C48H36Cl3IO12S4/c53-49(54,55)62-52(37-21-25-39(26-22-37)65-41-29-33-47(34-30-41)67(63-50(56,57)58,43-13-5-1-6-14-43)44-15-7-2-8-16-44)38-23-27-40(28-24-38)66-42-31-35-48(36-32-42)68(64-51(59,60)61,45-17-9-3-10-18-45)46-19-11-4-12-20-46/h1-36H. The van der Waals surface area contributed by atoms with Gasteiger partial charge in [-0.05, 0) is 0 Å². The minimum atomic E-state index is -4.85. The van der Waals surface area contributed by atoms with Gasteiger partial charge in [-0.3, -0.25) is 0 Å². The van der Waals surface area contributed by atoms with Crippen molar-refractivity contribution < 1.29 is 82.8 Å².